The molecule has 1 heterocycles. The number of rotatable bonds is 6. The summed E-state index contributed by atoms with van der Waals surface area (Å²) in [5.41, 5.74) is 0.612. The molecule has 0 unspecified atom stereocenters. The Labute approximate surface area is 196 Å². The fraction of sp³-hybridized carbons (Fsp3) is 0.269. The maximum Gasteiger partial charge on any atom is 0.269 e. The zero-order valence-electron chi connectivity index (χ0n) is 19.3. The number of nitrogens with zero attached hydrogens (tertiary/aromatic N) is 2. The molecule has 0 aliphatic rings. The van der Waals surface area contributed by atoms with Crippen molar-refractivity contribution in [3.8, 4) is 17.6 Å². The molecule has 170 valence electrons. The van der Waals surface area contributed by atoms with E-state index >= 15 is 0 Å². The van der Waals surface area contributed by atoms with Gasteiger partial charge in [-0.05, 0) is 41.5 Å². The van der Waals surface area contributed by atoms with Crippen molar-refractivity contribution >= 4 is 28.8 Å². The van der Waals surface area contributed by atoms with Crippen LogP contribution in [0.1, 0.15) is 31.9 Å². The summed E-state index contributed by atoms with van der Waals surface area (Å²) in [5.74, 6) is 1.07. The van der Waals surface area contributed by atoms with Gasteiger partial charge in [-0.15, -0.1) is 11.3 Å². The number of carbonyl (C=O) groups excluding carboxylic acids is 1. The van der Waals surface area contributed by atoms with Crippen molar-refractivity contribution in [2.75, 3.05) is 14.2 Å². The third kappa shape index (κ3) is 5.41. The number of ether oxygens (including phenoxy) is 2. The van der Waals surface area contributed by atoms with Gasteiger partial charge in [-0.25, -0.2) is 0 Å². The molecule has 6 nitrogen and oxygen atoms in total. The standard InChI is InChI=1S/C26H26N2O4S/c1-26(2,3)23(29)21(15-27)25-28(16-17-9-11-19(31-4)12-10-17)24(30)22(33-25)14-18-7-6-8-20(13-18)32-5/h6-14H,16H2,1-5H3/b22-14+,25-21-. The van der Waals surface area contributed by atoms with Gasteiger partial charge in [-0.2, -0.15) is 5.26 Å². The average molecular weight is 463 g/mol. The normalized spacial score (nSPS) is 12.8. The molecule has 2 aromatic carbocycles. The van der Waals surface area contributed by atoms with Crippen LogP contribution in [-0.2, 0) is 11.3 Å². The maximum atomic E-state index is 13.4. The lowest BCUT2D eigenvalue weighted by atomic mass is 9.87. The lowest BCUT2D eigenvalue weighted by molar-refractivity contribution is -0.120. The van der Waals surface area contributed by atoms with Crippen LogP contribution in [0.4, 0.5) is 0 Å². The molecule has 0 fully saturated rings. The summed E-state index contributed by atoms with van der Waals surface area (Å²) in [6, 6.07) is 16.7. The molecule has 0 saturated heterocycles. The van der Waals surface area contributed by atoms with Crippen LogP contribution < -0.4 is 24.2 Å². The number of carbonyl (C=O) groups is 1. The molecule has 7 heteroatoms. The van der Waals surface area contributed by atoms with Crippen molar-refractivity contribution in [2.45, 2.75) is 27.3 Å². The highest BCUT2D eigenvalue weighted by molar-refractivity contribution is 7.07. The summed E-state index contributed by atoms with van der Waals surface area (Å²) in [7, 11) is 3.17. The summed E-state index contributed by atoms with van der Waals surface area (Å²) in [6.45, 7) is 5.50. The Balaban J connectivity index is 2.28. The Hall–Kier alpha value is -3.63. The predicted octanol–water partition coefficient (Wildman–Crippen LogP) is 3.09. The van der Waals surface area contributed by atoms with Gasteiger partial charge in [-0.1, -0.05) is 45.0 Å². The van der Waals surface area contributed by atoms with Crippen molar-refractivity contribution in [3.05, 3.63) is 79.2 Å². The molecule has 3 aromatic rings. The zero-order chi connectivity index (χ0) is 24.2. The minimum Gasteiger partial charge on any atom is -0.497 e. The van der Waals surface area contributed by atoms with Crippen molar-refractivity contribution < 1.29 is 14.3 Å². The largest absolute Gasteiger partial charge is 0.497 e. The molecule has 0 aliphatic carbocycles. The molecule has 33 heavy (non-hydrogen) atoms. The number of hydrogen-bond donors (Lipinski definition) is 0. The molecule has 0 aliphatic heterocycles. The molecule has 0 atom stereocenters. The van der Waals surface area contributed by atoms with Crippen LogP contribution in [0.3, 0.4) is 0 Å². The van der Waals surface area contributed by atoms with Gasteiger partial charge in [0, 0.05) is 5.41 Å². The van der Waals surface area contributed by atoms with Gasteiger partial charge in [-0.3, -0.25) is 14.2 Å². The highest BCUT2D eigenvalue weighted by Crippen LogP contribution is 2.20. The van der Waals surface area contributed by atoms with E-state index in [4.69, 9.17) is 9.47 Å². The first kappa shape index (κ1) is 24.0. The minimum absolute atomic E-state index is 0.0107. The van der Waals surface area contributed by atoms with Gasteiger partial charge < -0.3 is 9.47 Å². The Morgan fingerprint density at radius 3 is 2.33 bits per heavy atom. The van der Waals surface area contributed by atoms with E-state index in [1.807, 2.05) is 48.5 Å². The third-order valence-electron chi connectivity index (χ3n) is 5.03. The Kier molecular flexibility index (Phi) is 7.19. The van der Waals surface area contributed by atoms with E-state index in [2.05, 4.69) is 6.07 Å². The van der Waals surface area contributed by atoms with E-state index in [9.17, 15) is 14.9 Å². The van der Waals surface area contributed by atoms with Crippen LogP contribution in [-0.4, -0.2) is 24.6 Å². The number of Topliss-reactive ketones (excluding diaryl/α,β-unsaturated/α-hetero) is 1. The first-order valence-electron chi connectivity index (χ1n) is 10.4. The lowest BCUT2D eigenvalue weighted by Gasteiger charge is -2.15. The summed E-state index contributed by atoms with van der Waals surface area (Å²) in [6.07, 6.45) is 1.75. The van der Waals surface area contributed by atoms with E-state index in [1.165, 1.54) is 4.57 Å². The van der Waals surface area contributed by atoms with Gasteiger partial charge in [0.05, 0.1) is 25.3 Å². The molecule has 0 bridgehead atoms. The molecule has 3 rings (SSSR count). The SMILES string of the molecule is COc1ccc(Cn2c(=O)/c(=C\c3cccc(OC)c3)s/c2=C(/C#N)C(=O)C(C)(C)C)cc1. The molecule has 0 saturated carbocycles. The minimum atomic E-state index is -0.757. The van der Waals surface area contributed by atoms with E-state index in [-0.39, 0.29) is 23.5 Å². The quantitative estimate of drug-likeness (QED) is 0.562. The average Bonchev–Trinajstić information content (AvgIpc) is 3.09. The van der Waals surface area contributed by atoms with Gasteiger partial charge in [0.1, 0.15) is 27.8 Å². The van der Waals surface area contributed by atoms with Crippen LogP contribution in [0.25, 0.3) is 11.6 Å². The second kappa shape index (κ2) is 9.88. The van der Waals surface area contributed by atoms with Crippen LogP contribution in [0.2, 0.25) is 0 Å². The van der Waals surface area contributed by atoms with E-state index in [1.54, 1.807) is 41.1 Å². The summed E-state index contributed by atoms with van der Waals surface area (Å²) < 4.78 is 12.8. The highest BCUT2D eigenvalue weighted by Gasteiger charge is 2.27. The summed E-state index contributed by atoms with van der Waals surface area (Å²) in [5, 5.41) is 9.87. The first-order chi connectivity index (χ1) is 15.7. The van der Waals surface area contributed by atoms with E-state index < -0.39 is 5.41 Å². The van der Waals surface area contributed by atoms with Crippen molar-refractivity contribution in [2.24, 2.45) is 5.41 Å². The summed E-state index contributed by atoms with van der Waals surface area (Å²) in [4.78, 5) is 26.5. The predicted molar refractivity (Wildman–Crippen MR) is 130 cm³/mol. The Morgan fingerprint density at radius 2 is 1.76 bits per heavy atom. The summed E-state index contributed by atoms with van der Waals surface area (Å²) >= 11 is 1.15. The second-order valence-corrected chi connectivity index (χ2v) is 9.53. The van der Waals surface area contributed by atoms with Crippen LogP contribution in [0.5, 0.6) is 11.5 Å². The lowest BCUT2D eigenvalue weighted by Crippen LogP contribution is -2.34. The number of nitriles is 1. The van der Waals surface area contributed by atoms with Crippen molar-refractivity contribution in [1.82, 2.24) is 4.57 Å². The topological polar surface area (TPSA) is 81.3 Å². The monoisotopic (exact) mass is 462 g/mol. The molecule has 1 aromatic heterocycles. The fourth-order valence-corrected chi connectivity index (χ4v) is 4.31. The van der Waals surface area contributed by atoms with Gasteiger partial charge in [0.15, 0.2) is 5.78 Å². The molecule has 0 radical (unpaired) electrons. The molecule has 0 spiro atoms. The van der Waals surface area contributed by atoms with Crippen molar-refractivity contribution in [3.63, 3.8) is 0 Å². The van der Waals surface area contributed by atoms with E-state index in [0.717, 1.165) is 22.5 Å². The third-order valence-corrected chi connectivity index (χ3v) is 6.16. The number of methoxy groups -OCH3 is 2. The van der Waals surface area contributed by atoms with Crippen LogP contribution in [0, 0.1) is 16.7 Å². The molecular weight excluding hydrogens is 436 g/mol. The molecule has 0 N–H and O–H groups in total. The molecular formula is C26H26N2O4S. The maximum absolute atomic E-state index is 13.4. The number of benzene rings is 2. The number of thiazole rings is 1. The van der Waals surface area contributed by atoms with Gasteiger partial charge >= 0.3 is 0 Å². The fourth-order valence-electron chi connectivity index (χ4n) is 3.22. The van der Waals surface area contributed by atoms with E-state index in [0.29, 0.717) is 20.7 Å². The zero-order valence-corrected chi connectivity index (χ0v) is 20.2. The van der Waals surface area contributed by atoms with Crippen LogP contribution >= 0.6 is 11.3 Å². The first-order valence-corrected chi connectivity index (χ1v) is 11.2. The smallest absolute Gasteiger partial charge is 0.269 e. The molecule has 0 amide bonds. The second-order valence-electron chi connectivity index (χ2n) is 8.50. The van der Waals surface area contributed by atoms with Gasteiger partial charge in [0.25, 0.3) is 5.56 Å². The van der Waals surface area contributed by atoms with Crippen molar-refractivity contribution in [1.29, 1.82) is 5.26 Å². The van der Waals surface area contributed by atoms with Crippen LogP contribution in [0.15, 0.2) is 53.3 Å². The Bertz CT molecular complexity index is 1380. The van der Waals surface area contributed by atoms with Gasteiger partial charge in [0.2, 0.25) is 0 Å². The highest BCUT2D eigenvalue weighted by atomic mass is 32.1. The Morgan fingerprint density at radius 1 is 1.09 bits per heavy atom. The number of hydrogen-bond acceptors (Lipinski definition) is 6. The number of aromatic nitrogens is 1. The number of ketones is 1.